The average Bonchev–Trinajstić information content (AvgIpc) is 2.49. The molecule has 0 saturated heterocycles. The van der Waals surface area contributed by atoms with Crippen LogP contribution in [0, 0.1) is 6.92 Å². The number of rotatable bonds is 9. The number of hydrogen-bond donors (Lipinski definition) is 1. The van der Waals surface area contributed by atoms with Crippen molar-refractivity contribution in [2.75, 3.05) is 6.61 Å². The Balaban J connectivity index is 2.54. The van der Waals surface area contributed by atoms with E-state index in [1.54, 1.807) is 32.9 Å². The molecule has 0 aliphatic heterocycles. The summed E-state index contributed by atoms with van der Waals surface area (Å²) in [4.78, 5) is 23.4. The standard InChI is InChI=1S/C19H29NO6S/c1-14-8-10-17(11-9-14)27(23,24)25-12-6-7-16(20-15(2)21)13-18(22)26-19(3,4)5/h8-11,16H,6-7,12-13H2,1-5H3,(H,20,21)/t16-/m0/s1. The van der Waals surface area contributed by atoms with Crippen molar-refractivity contribution >= 4 is 22.0 Å². The Kier molecular flexibility index (Phi) is 8.43. The number of carbonyl (C=O) groups is 2. The SMILES string of the molecule is CC(=O)N[C@@H](CCCOS(=O)(=O)c1ccc(C)cc1)CC(=O)OC(C)(C)C. The van der Waals surface area contributed by atoms with E-state index in [1.165, 1.54) is 19.1 Å². The normalized spacial score (nSPS) is 13.1. The molecule has 0 aliphatic carbocycles. The van der Waals surface area contributed by atoms with Gasteiger partial charge in [-0.15, -0.1) is 0 Å². The molecule has 0 aliphatic rings. The maximum atomic E-state index is 12.1. The second-order valence-corrected chi connectivity index (χ2v) is 9.03. The van der Waals surface area contributed by atoms with Crippen LogP contribution in [0.2, 0.25) is 0 Å². The molecule has 0 fully saturated rings. The lowest BCUT2D eigenvalue weighted by molar-refractivity contribution is -0.155. The van der Waals surface area contributed by atoms with Gasteiger partial charge >= 0.3 is 5.97 Å². The molecule has 1 N–H and O–H groups in total. The van der Waals surface area contributed by atoms with Gasteiger partial charge in [-0.1, -0.05) is 17.7 Å². The highest BCUT2D eigenvalue weighted by Crippen LogP contribution is 2.15. The molecule has 8 heteroatoms. The van der Waals surface area contributed by atoms with Crippen molar-refractivity contribution in [3.05, 3.63) is 29.8 Å². The maximum absolute atomic E-state index is 12.1. The Morgan fingerprint density at radius 3 is 2.26 bits per heavy atom. The number of aryl methyl sites for hydroxylation is 1. The minimum atomic E-state index is -3.82. The predicted molar refractivity (Wildman–Crippen MR) is 102 cm³/mol. The molecule has 27 heavy (non-hydrogen) atoms. The first-order chi connectivity index (χ1) is 12.4. The first kappa shape index (κ1) is 23.1. The van der Waals surface area contributed by atoms with Crippen LogP contribution >= 0.6 is 0 Å². The van der Waals surface area contributed by atoms with E-state index < -0.39 is 27.7 Å². The Morgan fingerprint density at radius 2 is 1.74 bits per heavy atom. The average molecular weight is 400 g/mol. The van der Waals surface area contributed by atoms with E-state index in [1.807, 2.05) is 6.92 Å². The van der Waals surface area contributed by atoms with Crippen molar-refractivity contribution in [3.63, 3.8) is 0 Å². The number of benzene rings is 1. The van der Waals surface area contributed by atoms with Gasteiger partial charge in [-0.05, 0) is 52.7 Å². The van der Waals surface area contributed by atoms with E-state index >= 15 is 0 Å². The van der Waals surface area contributed by atoms with Gasteiger partial charge in [0.2, 0.25) is 5.91 Å². The molecular weight excluding hydrogens is 370 g/mol. The molecule has 0 aromatic heterocycles. The number of amides is 1. The van der Waals surface area contributed by atoms with Crippen molar-refractivity contribution in [2.24, 2.45) is 0 Å². The monoisotopic (exact) mass is 399 g/mol. The summed E-state index contributed by atoms with van der Waals surface area (Å²) in [6.07, 6.45) is 0.767. The van der Waals surface area contributed by atoms with Gasteiger partial charge in [0.1, 0.15) is 5.60 Å². The van der Waals surface area contributed by atoms with Gasteiger partial charge in [0.15, 0.2) is 0 Å². The van der Waals surface area contributed by atoms with Crippen molar-refractivity contribution < 1.29 is 26.9 Å². The van der Waals surface area contributed by atoms with E-state index in [-0.39, 0.29) is 23.8 Å². The van der Waals surface area contributed by atoms with Crippen molar-refractivity contribution in [1.82, 2.24) is 5.32 Å². The van der Waals surface area contributed by atoms with Crippen LogP contribution in [-0.2, 0) is 28.6 Å². The Morgan fingerprint density at radius 1 is 1.15 bits per heavy atom. The van der Waals surface area contributed by atoms with Crippen LogP contribution < -0.4 is 5.32 Å². The lowest BCUT2D eigenvalue weighted by atomic mass is 10.1. The van der Waals surface area contributed by atoms with Crippen molar-refractivity contribution in [2.45, 2.75) is 70.4 Å². The molecule has 0 spiro atoms. The van der Waals surface area contributed by atoms with Crippen LogP contribution in [0.3, 0.4) is 0 Å². The number of carbonyl (C=O) groups excluding carboxylic acids is 2. The van der Waals surface area contributed by atoms with Gasteiger partial charge in [0.25, 0.3) is 10.1 Å². The zero-order valence-corrected chi connectivity index (χ0v) is 17.4. The largest absolute Gasteiger partial charge is 0.460 e. The van der Waals surface area contributed by atoms with E-state index in [0.717, 1.165) is 5.56 Å². The summed E-state index contributed by atoms with van der Waals surface area (Å²) in [6.45, 7) is 8.48. The van der Waals surface area contributed by atoms with Crippen molar-refractivity contribution in [1.29, 1.82) is 0 Å². The Hall–Kier alpha value is -1.93. The second kappa shape index (κ2) is 9.85. The van der Waals surface area contributed by atoms with E-state index in [9.17, 15) is 18.0 Å². The van der Waals surface area contributed by atoms with Gasteiger partial charge in [-0.3, -0.25) is 13.8 Å². The summed E-state index contributed by atoms with van der Waals surface area (Å²) in [5.41, 5.74) is 0.345. The molecule has 0 radical (unpaired) electrons. The summed E-state index contributed by atoms with van der Waals surface area (Å²) in [5, 5.41) is 2.69. The van der Waals surface area contributed by atoms with Gasteiger partial charge in [-0.25, -0.2) is 0 Å². The molecule has 7 nitrogen and oxygen atoms in total. The molecule has 1 amide bonds. The summed E-state index contributed by atoms with van der Waals surface area (Å²) in [5.74, 6) is -0.689. The predicted octanol–water partition coefficient (Wildman–Crippen LogP) is 2.72. The molecule has 0 unspecified atom stereocenters. The molecular formula is C19H29NO6S. The van der Waals surface area contributed by atoms with Gasteiger partial charge in [-0.2, -0.15) is 8.42 Å². The van der Waals surface area contributed by atoms with Crippen LogP contribution in [0.4, 0.5) is 0 Å². The minimum Gasteiger partial charge on any atom is -0.460 e. The summed E-state index contributed by atoms with van der Waals surface area (Å²) >= 11 is 0. The van der Waals surface area contributed by atoms with Crippen LogP contribution in [0.1, 0.15) is 52.5 Å². The molecule has 1 atom stereocenters. The highest BCUT2D eigenvalue weighted by Gasteiger charge is 2.21. The number of esters is 1. The highest BCUT2D eigenvalue weighted by atomic mass is 32.2. The third kappa shape index (κ3) is 9.53. The van der Waals surface area contributed by atoms with Crippen LogP contribution in [-0.4, -0.2) is 38.5 Å². The molecule has 1 rings (SSSR count). The third-order valence-electron chi connectivity index (χ3n) is 3.49. The van der Waals surface area contributed by atoms with E-state index in [2.05, 4.69) is 5.32 Å². The lowest BCUT2D eigenvalue weighted by Crippen LogP contribution is -2.37. The first-order valence-corrected chi connectivity index (χ1v) is 10.2. The second-order valence-electron chi connectivity index (χ2n) is 7.42. The number of nitrogens with one attached hydrogen (secondary N) is 1. The quantitative estimate of drug-likeness (QED) is 0.389. The summed E-state index contributed by atoms with van der Waals surface area (Å²) < 4.78 is 34.6. The molecule has 1 aromatic rings. The molecule has 0 bridgehead atoms. The Labute approximate surface area is 161 Å². The lowest BCUT2D eigenvalue weighted by Gasteiger charge is -2.22. The maximum Gasteiger partial charge on any atom is 0.308 e. The fourth-order valence-corrected chi connectivity index (χ4v) is 3.31. The third-order valence-corrected chi connectivity index (χ3v) is 4.81. The Bertz CT molecular complexity index is 734. The van der Waals surface area contributed by atoms with Crippen LogP contribution in [0.15, 0.2) is 29.2 Å². The van der Waals surface area contributed by atoms with Crippen LogP contribution in [0.5, 0.6) is 0 Å². The molecule has 0 heterocycles. The number of ether oxygens (including phenoxy) is 1. The van der Waals surface area contributed by atoms with Gasteiger partial charge in [0.05, 0.1) is 17.9 Å². The van der Waals surface area contributed by atoms with Gasteiger partial charge < -0.3 is 10.1 Å². The first-order valence-electron chi connectivity index (χ1n) is 8.84. The summed E-state index contributed by atoms with van der Waals surface area (Å²) in [7, 11) is -3.82. The molecule has 152 valence electrons. The zero-order chi connectivity index (χ0) is 20.7. The topological polar surface area (TPSA) is 98.8 Å². The number of hydrogen-bond acceptors (Lipinski definition) is 6. The highest BCUT2D eigenvalue weighted by molar-refractivity contribution is 7.86. The fourth-order valence-electron chi connectivity index (χ4n) is 2.37. The van der Waals surface area contributed by atoms with E-state index in [4.69, 9.17) is 8.92 Å². The smallest absolute Gasteiger partial charge is 0.308 e. The fraction of sp³-hybridized carbons (Fsp3) is 0.579. The van der Waals surface area contributed by atoms with Gasteiger partial charge in [0, 0.05) is 13.0 Å². The summed E-state index contributed by atoms with van der Waals surface area (Å²) in [6, 6.07) is 5.94. The molecule has 0 saturated carbocycles. The van der Waals surface area contributed by atoms with Crippen LogP contribution in [0.25, 0.3) is 0 Å². The van der Waals surface area contributed by atoms with Crippen molar-refractivity contribution in [3.8, 4) is 0 Å². The minimum absolute atomic E-state index is 0.0154. The zero-order valence-electron chi connectivity index (χ0n) is 16.6. The van der Waals surface area contributed by atoms with E-state index in [0.29, 0.717) is 12.8 Å². The molecule has 1 aromatic carbocycles.